The normalized spacial score (nSPS) is 23.0. The Kier molecular flexibility index (Phi) is 7.25. The second-order valence-electron chi connectivity index (χ2n) is 7.23. The van der Waals surface area contributed by atoms with Gasteiger partial charge in [0.25, 0.3) is 0 Å². The van der Waals surface area contributed by atoms with Crippen molar-refractivity contribution in [2.24, 2.45) is 4.99 Å². The van der Waals surface area contributed by atoms with Crippen LogP contribution in [0, 0.1) is 0 Å². The SMILES string of the molecule is CCNC(=NCCN1CCCS1(=O)=O)N1CCOC(c2cccc(C(F)(F)F)c2)C1. The van der Waals surface area contributed by atoms with Crippen LogP contribution >= 0.6 is 0 Å². The number of nitrogens with one attached hydrogen (secondary N) is 1. The fourth-order valence-corrected chi connectivity index (χ4v) is 5.11. The first-order valence-corrected chi connectivity index (χ1v) is 11.6. The number of ether oxygens (including phenoxy) is 1. The van der Waals surface area contributed by atoms with Crippen molar-refractivity contribution < 1.29 is 26.3 Å². The molecule has 3 rings (SSSR count). The van der Waals surface area contributed by atoms with Gasteiger partial charge in [0, 0.05) is 26.2 Å². The zero-order chi connectivity index (χ0) is 21.8. The van der Waals surface area contributed by atoms with E-state index in [2.05, 4.69) is 10.3 Å². The molecule has 0 spiro atoms. The Morgan fingerprint density at radius 3 is 2.80 bits per heavy atom. The van der Waals surface area contributed by atoms with Crippen LogP contribution in [0.1, 0.15) is 30.6 Å². The van der Waals surface area contributed by atoms with Crippen LogP contribution in [0.15, 0.2) is 29.3 Å². The van der Waals surface area contributed by atoms with Gasteiger partial charge in [0.15, 0.2) is 5.96 Å². The molecular formula is C19H27F3N4O3S. The van der Waals surface area contributed by atoms with Gasteiger partial charge in [0.1, 0.15) is 6.10 Å². The molecule has 0 bridgehead atoms. The van der Waals surface area contributed by atoms with Crippen molar-refractivity contribution in [2.75, 3.05) is 51.6 Å². The van der Waals surface area contributed by atoms with Gasteiger partial charge in [-0.25, -0.2) is 12.7 Å². The molecule has 2 aliphatic heterocycles. The fraction of sp³-hybridized carbons (Fsp3) is 0.632. The highest BCUT2D eigenvalue weighted by Gasteiger charge is 2.32. The Balaban J connectivity index is 1.68. The van der Waals surface area contributed by atoms with Crippen LogP contribution in [0.2, 0.25) is 0 Å². The third-order valence-electron chi connectivity index (χ3n) is 5.10. The third kappa shape index (κ3) is 5.64. The van der Waals surface area contributed by atoms with Crippen molar-refractivity contribution in [3.63, 3.8) is 0 Å². The first kappa shape index (κ1) is 22.8. The predicted molar refractivity (Wildman–Crippen MR) is 108 cm³/mol. The van der Waals surface area contributed by atoms with E-state index in [1.165, 1.54) is 10.4 Å². The summed E-state index contributed by atoms with van der Waals surface area (Å²) in [6.07, 6.45) is -4.28. The van der Waals surface area contributed by atoms with Crippen LogP contribution in [-0.4, -0.2) is 75.2 Å². The highest BCUT2D eigenvalue weighted by atomic mass is 32.2. The highest BCUT2D eigenvalue weighted by molar-refractivity contribution is 7.89. The van der Waals surface area contributed by atoms with Crippen molar-refractivity contribution >= 4 is 16.0 Å². The van der Waals surface area contributed by atoms with Crippen LogP contribution in [0.5, 0.6) is 0 Å². The Morgan fingerprint density at radius 2 is 2.13 bits per heavy atom. The second kappa shape index (κ2) is 9.52. The molecule has 30 heavy (non-hydrogen) atoms. The van der Waals surface area contributed by atoms with Crippen molar-refractivity contribution in [1.29, 1.82) is 0 Å². The van der Waals surface area contributed by atoms with E-state index in [0.29, 0.717) is 63.8 Å². The van der Waals surface area contributed by atoms with Gasteiger partial charge >= 0.3 is 6.18 Å². The average molecular weight is 449 g/mol. The van der Waals surface area contributed by atoms with Crippen molar-refractivity contribution in [1.82, 2.24) is 14.5 Å². The van der Waals surface area contributed by atoms with E-state index in [4.69, 9.17) is 4.74 Å². The van der Waals surface area contributed by atoms with Gasteiger partial charge in [0.2, 0.25) is 10.0 Å². The molecule has 1 atom stereocenters. The smallest absolute Gasteiger partial charge is 0.370 e. The van der Waals surface area contributed by atoms with Gasteiger partial charge in [-0.05, 0) is 31.0 Å². The summed E-state index contributed by atoms with van der Waals surface area (Å²) in [5, 5.41) is 3.18. The zero-order valence-electron chi connectivity index (χ0n) is 16.9. The number of morpholine rings is 1. The lowest BCUT2D eigenvalue weighted by Gasteiger charge is -2.35. The number of nitrogens with zero attached hydrogens (tertiary/aromatic N) is 3. The number of aliphatic imine (C=N–C) groups is 1. The number of hydrogen-bond acceptors (Lipinski definition) is 4. The standard InChI is InChI=1S/C19H27F3N4O3S/c1-2-23-18(24-7-9-26-8-4-12-30(26,27)28)25-10-11-29-17(14-25)15-5-3-6-16(13-15)19(20,21)22/h3,5-6,13,17H,2,4,7-12,14H2,1H3,(H,23,24). The second-order valence-corrected chi connectivity index (χ2v) is 9.32. The lowest BCUT2D eigenvalue weighted by molar-refractivity contribution is -0.137. The molecule has 1 aromatic rings. The minimum Gasteiger partial charge on any atom is -0.370 e. The maximum Gasteiger partial charge on any atom is 0.416 e. The summed E-state index contributed by atoms with van der Waals surface area (Å²) in [6.45, 7) is 4.94. The molecule has 0 radical (unpaired) electrons. The Bertz CT molecular complexity index is 861. The van der Waals surface area contributed by atoms with E-state index in [-0.39, 0.29) is 5.75 Å². The molecule has 2 aliphatic rings. The Hall–Kier alpha value is -1.85. The molecular weight excluding hydrogens is 421 g/mol. The molecule has 7 nitrogen and oxygen atoms in total. The maximum atomic E-state index is 13.0. The van der Waals surface area contributed by atoms with Gasteiger partial charge in [-0.2, -0.15) is 13.2 Å². The topological polar surface area (TPSA) is 74.2 Å². The lowest BCUT2D eigenvalue weighted by Crippen LogP contribution is -2.48. The Labute approximate surface area is 174 Å². The maximum absolute atomic E-state index is 13.0. The van der Waals surface area contributed by atoms with Crippen LogP contribution in [0.3, 0.4) is 0 Å². The van der Waals surface area contributed by atoms with Gasteiger partial charge in [-0.1, -0.05) is 12.1 Å². The third-order valence-corrected chi connectivity index (χ3v) is 7.06. The first-order valence-electron chi connectivity index (χ1n) is 10.0. The summed E-state index contributed by atoms with van der Waals surface area (Å²) in [5.41, 5.74) is -0.235. The molecule has 168 valence electrons. The molecule has 2 saturated heterocycles. The molecule has 0 aliphatic carbocycles. The fourth-order valence-electron chi connectivity index (χ4n) is 3.59. The average Bonchev–Trinajstić information content (AvgIpc) is 3.05. The van der Waals surface area contributed by atoms with Crippen LogP contribution in [0.25, 0.3) is 0 Å². The zero-order valence-corrected chi connectivity index (χ0v) is 17.7. The molecule has 2 heterocycles. The minimum atomic E-state index is -4.41. The van der Waals surface area contributed by atoms with Crippen LogP contribution in [-0.2, 0) is 20.9 Å². The molecule has 1 N–H and O–H groups in total. The monoisotopic (exact) mass is 448 g/mol. The highest BCUT2D eigenvalue weighted by Crippen LogP contribution is 2.32. The van der Waals surface area contributed by atoms with Gasteiger partial charge in [0.05, 0.1) is 31.0 Å². The van der Waals surface area contributed by atoms with E-state index in [1.807, 2.05) is 11.8 Å². The van der Waals surface area contributed by atoms with Crippen molar-refractivity contribution in [2.45, 2.75) is 25.6 Å². The van der Waals surface area contributed by atoms with Gasteiger partial charge in [-0.15, -0.1) is 0 Å². The quantitative estimate of drug-likeness (QED) is 0.552. The largest absolute Gasteiger partial charge is 0.416 e. The molecule has 0 aromatic heterocycles. The summed E-state index contributed by atoms with van der Waals surface area (Å²) in [6, 6.07) is 5.18. The summed E-state index contributed by atoms with van der Waals surface area (Å²) in [7, 11) is -3.16. The van der Waals surface area contributed by atoms with E-state index in [1.54, 1.807) is 6.07 Å². The number of halogens is 3. The summed E-state index contributed by atoms with van der Waals surface area (Å²) < 4.78 is 70.1. The van der Waals surface area contributed by atoms with Crippen molar-refractivity contribution in [3.05, 3.63) is 35.4 Å². The molecule has 1 unspecified atom stereocenters. The summed E-state index contributed by atoms with van der Waals surface area (Å²) >= 11 is 0. The van der Waals surface area contributed by atoms with Gasteiger partial charge < -0.3 is 15.0 Å². The number of hydrogen-bond donors (Lipinski definition) is 1. The van der Waals surface area contributed by atoms with Gasteiger partial charge in [-0.3, -0.25) is 4.99 Å². The predicted octanol–water partition coefficient (Wildman–Crippen LogP) is 2.08. The number of alkyl halides is 3. The molecule has 2 fully saturated rings. The first-order chi connectivity index (χ1) is 14.2. The molecule has 0 saturated carbocycles. The van der Waals surface area contributed by atoms with Crippen molar-refractivity contribution in [3.8, 4) is 0 Å². The number of sulfonamides is 1. The van der Waals surface area contributed by atoms with E-state index >= 15 is 0 Å². The summed E-state index contributed by atoms with van der Waals surface area (Å²) in [4.78, 5) is 6.48. The molecule has 1 aromatic carbocycles. The Morgan fingerprint density at radius 1 is 1.33 bits per heavy atom. The van der Waals surface area contributed by atoms with E-state index < -0.39 is 27.9 Å². The van der Waals surface area contributed by atoms with E-state index in [0.717, 1.165) is 12.1 Å². The number of benzene rings is 1. The van der Waals surface area contributed by atoms with E-state index in [9.17, 15) is 21.6 Å². The molecule has 11 heteroatoms. The molecule has 0 amide bonds. The summed E-state index contributed by atoms with van der Waals surface area (Å²) in [5.74, 6) is 0.785. The van der Waals surface area contributed by atoms with Crippen LogP contribution < -0.4 is 5.32 Å². The number of guanidine groups is 1. The lowest BCUT2D eigenvalue weighted by atomic mass is 10.0. The van der Waals surface area contributed by atoms with Crippen LogP contribution in [0.4, 0.5) is 13.2 Å². The minimum absolute atomic E-state index is 0.179. The number of rotatable bonds is 5.